The Balaban J connectivity index is 1.86. The van der Waals surface area contributed by atoms with Gasteiger partial charge in [0.05, 0.1) is 11.9 Å². The molecule has 0 unspecified atom stereocenters. The molecule has 1 atom stereocenters. The third-order valence-corrected chi connectivity index (χ3v) is 6.75. The van der Waals surface area contributed by atoms with Crippen LogP contribution in [0, 0.1) is 0 Å². The molecule has 0 radical (unpaired) electrons. The number of nitrogens with zero attached hydrogens (tertiary/aromatic N) is 2. The summed E-state index contributed by atoms with van der Waals surface area (Å²) in [5.74, 6) is 0.386. The van der Waals surface area contributed by atoms with E-state index in [1.54, 1.807) is 24.3 Å². The number of hydrogen-bond acceptors (Lipinski definition) is 5. The molecule has 3 aromatic rings. The Hall–Kier alpha value is -3.85. The Morgan fingerprint density at radius 1 is 0.889 bits per heavy atom. The number of benzene rings is 3. The third-order valence-electron chi connectivity index (χ3n) is 5.61. The average molecular weight is 510 g/mol. The van der Waals surface area contributed by atoms with Crippen LogP contribution < -0.4 is 14.4 Å². The van der Waals surface area contributed by atoms with Crippen molar-refractivity contribution >= 4 is 27.5 Å². The first kappa shape index (κ1) is 26.7. The molecule has 0 heterocycles. The van der Waals surface area contributed by atoms with Gasteiger partial charge in [0.25, 0.3) is 0 Å². The summed E-state index contributed by atoms with van der Waals surface area (Å²) in [6.07, 6.45) is 1.43. The second-order valence-corrected chi connectivity index (χ2v) is 10.1. The van der Waals surface area contributed by atoms with Crippen LogP contribution in [0.15, 0.2) is 84.9 Å². The molecular weight excluding hydrogens is 478 g/mol. The molecule has 0 aliphatic carbocycles. The highest BCUT2D eigenvalue weighted by Crippen LogP contribution is 2.26. The number of anilines is 1. The van der Waals surface area contributed by atoms with Crippen molar-refractivity contribution in [3.05, 3.63) is 90.5 Å². The first-order chi connectivity index (χ1) is 17.2. The molecule has 3 aromatic carbocycles. The molecule has 0 fully saturated rings. The van der Waals surface area contributed by atoms with E-state index in [0.29, 0.717) is 23.6 Å². The van der Waals surface area contributed by atoms with Crippen molar-refractivity contribution in [2.24, 2.45) is 0 Å². The fraction of sp³-hybridized carbons (Fsp3) is 0.259. The summed E-state index contributed by atoms with van der Waals surface area (Å²) in [4.78, 5) is 27.5. The van der Waals surface area contributed by atoms with Crippen LogP contribution in [-0.4, -0.2) is 51.0 Å². The van der Waals surface area contributed by atoms with Crippen molar-refractivity contribution in [1.29, 1.82) is 0 Å². The van der Waals surface area contributed by atoms with E-state index < -0.39 is 28.5 Å². The topological polar surface area (TPSA) is 96.0 Å². The lowest BCUT2D eigenvalue weighted by molar-refractivity contribution is -0.140. The van der Waals surface area contributed by atoms with Gasteiger partial charge >= 0.3 is 0 Å². The minimum absolute atomic E-state index is 0.174. The Labute approximate surface area is 212 Å². The molecule has 1 N–H and O–H groups in total. The van der Waals surface area contributed by atoms with Crippen molar-refractivity contribution in [3.63, 3.8) is 0 Å². The highest BCUT2D eigenvalue weighted by Gasteiger charge is 2.31. The number of hydrogen-bond donors (Lipinski definition) is 1. The molecule has 2 amide bonds. The lowest BCUT2D eigenvalue weighted by Crippen LogP contribution is -2.51. The van der Waals surface area contributed by atoms with Crippen molar-refractivity contribution < 1.29 is 22.7 Å². The second kappa shape index (κ2) is 12.2. The van der Waals surface area contributed by atoms with Crippen molar-refractivity contribution in [2.75, 3.05) is 24.2 Å². The first-order valence-corrected chi connectivity index (χ1v) is 13.4. The van der Waals surface area contributed by atoms with E-state index >= 15 is 0 Å². The van der Waals surface area contributed by atoms with Gasteiger partial charge in [-0.3, -0.25) is 13.9 Å². The normalized spacial score (nSPS) is 11.9. The van der Waals surface area contributed by atoms with Gasteiger partial charge in [0, 0.05) is 13.6 Å². The summed E-state index contributed by atoms with van der Waals surface area (Å²) >= 11 is 0. The van der Waals surface area contributed by atoms with Gasteiger partial charge in [-0.15, -0.1) is 0 Å². The van der Waals surface area contributed by atoms with Gasteiger partial charge < -0.3 is 15.0 Å². The molecule has 190 valence electrons. The summed E-state index contributed by atoms with van der Waals surface area (Å²) in [5.41, 5.74) is 1.15. The molecule has 9 heteroatoms. The van der Waals surface area contributed by atoms with E-state index in [-0.39, 0.29) is 12.5 Å². The van der Waals surface area contributed by atoms with Crippen LogP contribution in [0.25, 0.3) is 0 Å². The van der Waals surface area contributed by atoms with Gasteiger partial charge in [0.2, 0.25) is 21.8 Å². The quantitative estimate of drug-likeness (QED) is 0.424. The molecule has 3 rings (SSSR count). The zero-order valence-electron chi connectivity index (χ0n) is 20.6. The van der Waals surface area contributed by atoms with Gasteiger partial charge in [-0.2, -0.15) is 0 Å². The van der Waals surface area contributed by atoms with E-state index in [1.807, 2.05) is 67.6 Å². The Kier molecular flexibility index (Phi) is 9.08. The largest absolute Gasteiger partial charge is 0.457 e. The number of likely N-dealkylation sites (N-methyl/N-ethyl adjacent to an activating group) is 1. The monoisotopic (exact) mass is 509 g/mol. The number of nitrogens with one attached hydrogen (secondary N) is 1. The van der Waals surface area contributed by atoms with Gasteiger partial charge in [0.1, 0.15) is 24.1 Å². The molecule has 0 saturated heterocycles. The van der Waals surface area contributed by atoms with Crippen LogP contribution in [0.3, 0.4) is 0 Å². The molecule has 0 aliphatic heterocycles. The number of rotatable bonds is 11. The number of carbonyl (C=O) groups excluding carboxylic acids is 2. The number of carbonyl (C=O) groups is 2. The molecule has 36 heavy (non-hydrogen) atoms. The van der Waals surface area contributed by atoms with E-state index in [9.17, 15) is 18.0 Å². The van der Waals surface area contributed by atoms with Crippen molar-refractivity contribution in [1.82, 2.24) is 10.2 Å². The summed E-state index contributed by atoms with van der Waals surface area (Å²) in [6.45, 7) is 1.54. The maximum atomic E-state index is 13.5. The summed E-state index contributed by atoms with van der Waals surface area (Å²) in [5, 5.41) is 2.60. The van der Waals surface area contributed by atoms with Crippen LogP contribution >= 0.6 is 0 Å². The number of sulfonamides is 1. The van der Waals surface area contributed by atoms with Crippen LogP contribution in [0.2, 0.25) is 0 Å². The molecule has 0 bridgehead atoms. The highest BCUT2D eigenvalue weighted by atomic mass is 32.2. The van der Waals surface area contributed by atoms with Gasteiger partial charge in [-0.05, 0) is 48.4 Å². The predicted molar refractivity (Wildman–Crippen MR) is 140 cm³/mol. The maximum Gasteiger partial charge on any atom is 0.244 e. The Morgan fingerprint density at radius 3 is 1.97 bits per heavy atom. The van der Waals surface area contributed by atoms with Gasteiger partial charge in [-0.1, -0.05) is 55.5 Å². The Bertz CT molecular complexity index is 1250. The fourth-order valence-corrected chi connectivity index (χ4v) is 4.63. The molecule has 8 nitrogen and oxygen atoms in total. The molecule has 0 aliphatic rings. The average Bonchev–Trinajstić information content (AvgIpc) is 2.88. The van der Waals surface area contributed by atoms with E-state index in [2.05, 4.69) is 5.32 Å². The van der Waals surface area contributed by atoms with Gasteiger partial charge in [-0.25, -0.2) is 8.42 Å². The summed E-state index contributed by atoms with van der Waals surface area (Å²) in [6, 6.07) is 24.2. The van der Waals surface area contributed by atoms with E-state index in [1.165, 1.54) is 11.9 Å². The SMILES string of the molecule is CC[C@@H](C(=O)NC)N(Cc1ccccc1)C(=O)CN(c1ccc(Oc2ccccc2)cc1)S(C)(=O)=O. The Morgan fingerprint density at radius 2 is 1.44 bits per heavy atom. The molecule has 0 aromatic heterocycles. The zero-order chi connectivity index (χ0) is 26.1. The minimum Gasteiger partial charge on any atom is -0.457 e. The lowest BCUT2D eigenvalue weighted by atomic mass is 10.1. The zero-order valence-corrected chi connectivity index (χ0v) is 21.4. The lowest BCUT2D eigenvalue weighted by Gasteiger charge is -2.32. The smallest absolute Gasteiger partial charge is 0.244 e. The minimum atomic E-state index is -3.80. The first-order valence-electron chi connectivity index (χ1n) is 11.6. The number of para-hydroxylation sites is 1. The molecule has 0 saturated carbocycles. The predicted octanol–water partition coefficient (Wildman–Crippen LogP) is 3.80. The van der Waals surface area contributed by atoms with Crippen molar-refractivity contribution in [3.8, 4) is 11.5 Å². The van der Waals surface area contributed by atoms with E-state index in [4.69, 9.17) is 4.74 Å². The van der Waals surface area contributed by atoms with Gasteiger partial charge in [0.15, 0.2) is 0 Å². The van der Waals surface area contributed by atoms with Crippen LogP contribution in [-0.2, 0) is 26.2 Å². The van der Waals surface area contributed by atoms with Crippen LogP contribution in [0.5, 0.6) is 11.5 Å². The number of amides is 2. The summed E-state index contributed by atoms with van der Waals surface area (Å²) < 4.78 is 32.2. The summed E-state index contributed by atoms with van der Waals surface area (Å²) in [7, 11) is -2.29. The third kappa shape index (κ3) is 7.08. The van der Waals surface area contributed by atoms with Crippen LogP contribution in [0.4, 0.5) is 5.69 Å². The maximum absolute atomic E-state index is 13.5. The van der Waals surface area contributed by atoms with Crippen LogP contribution in [0.1, 0.15) is 18.9 Å². The number of ether oxygens (including phenoxy) is 1. The fourth-order valence-electron chi connectivity index (χ4n) is 3.78. The molecule has 0 spiro atoms. The molecular formula is C27H31N3O5S. The standard InChI is InChI=1S/C27H31N3O5S/c1-4-25(27(32)28-2)29(19-21-11-7-5-8-12-21)26(31)20-30(36(3,33)34)22-15-17-24(18-16-22)35-23-13-9-6-10-14-23/h5-18,25H,4,19-20H2,1-3H3,(H,28,32)/t25-/m0/s1. The highest BCUT2D eigenvalue weighted by molar-refractivity contribution is 7.92. The second-order valence-electron chi connectivity index (χ2n) is 8.22. The van der Waals surface area contributed by atoms with E-state index in [0.717, 1.165) is 16.1 Å². The van der Waals surface area contributed by atoms with Crippen molar-refractivity contribution in [2.45, 2.75) is 25.9 Å².